The molecule has 26 heavy (non-hydrogen) atoms. The molecule has 4 rings (SSSR count). The molecule has 0 amide bonds. The Bertz CT molecular complexity index is 1110. The van der Waals surface area contributed by atoms with Gasteiger partial charge in [0.15, 0.2) is 11.5 Å². The van der Waals surface area contributed by atoms with Gasteiger partial charge in [-0.05, 0) is 24.3 Å². The molecule has 1 aromatic heterocycles. The molecule has 0 atom stereocenters. The highest BCUT2D eigenvalue weighted by Gasteiger charge is 2.12. The zero-order valence-corrected chi connectivity index (χ0v) is 14.5. The minimum Gasteiger partial charge on any atom is -0.493 e. The van der Waals surface area contributed by atoms with E-state index >= 15 is 0 Å². The van der Waals surface area contributed by atoms with Gasteiger partial charge in [0.1, 0.15) is 11.5 Å². The van der Waals surface area contributed by atoms with Gasteiger partial charge < -0.3 is 19.9 Å². The number of pyridine rings is 1. The second kappa shape index (κ2) is 6.44. The Morgan fingerprint density at radius 1 is 0.731 bits per heavy atom. The topological polar surface area (TPSA) is 66.6 Å². The zero-order valence-electron chi connectivity index (χ0n) is 14.5. The first-order valence-electron chi connectivity index (χ1n) is 8.17. The number of hydrogen-bond acceptors (Lipinski definition) is 5. The Morgan fingerprint density at radius 2 is 1.42 bits per heavy atom. The quantitative estimate of drug-likeness (QED) is 0.539. The van der Waals surface area contributed by atoms with Crippen LogP contribution in [0.15, 0.2) is 60.8 Å². The SMILES string of the molecule is COc1cc2nccc(Oc3ccc(N)c4ccccc34)c2cc1OC. The summed E-state index contributed by atoms with van der Waals surface area (Å²) in [6.07, 6.45) is 1.71. The van der Waals surface area contributed by atoms with E-state index in [2.05, 4.69) is 4.98 Å². The van der Waals surface area contributed by atoms with Crippen molar-refractivity contribution in [2.75, 3.05) is 20.0 Å². The van der Waals surface area contributed by atoms with Gasteiger partial charge in [-0.1, -0.05) is 24.3 Å². The summed E-state index contributed by atoms with van der Waals surface area (Å²) in [5.74, 6) is 2.67. The van der Waals surface area contributed by atoms with E-state index in [4.69, 9.17) is 19.9 Å². The molecule has 0 fully saturated rings. The normalized spacial score (nSPS) is 10.8. The molecule has 1 heterocycles. The number of nitrogen functional groups attached to an aromatic ring is 1. The number of ether oxygens (including phenoxy) is 3. The molecule has 130 valence electrons. The number of fused-ring (bicyclic) bond motifs is 2. The van der Waals surface area contributed by atoms with Crippen molar-refractivity contribution < 1.29 is 14.2 Å². The summed E-state index contributed by atoms with van der Waals surface area (Å²) in [7, 11) is 3.21. The molecule has 0 aliphatic heterocycles. The van der Waals surface area contributed by atoms with Crippen LogP contribution < -0.4 is 19.9 Å². The minimum absolute atomic E-state index is 0.625. The predicted octanol–water partition coefficient (Wildman–Crippen LogP) is 4.78. The van der Waals surface area contributed by atoms with Crippen molar-refractivity contribution in [1.29, 1.82) is 0 Å². The highest BCUT2D eigenvalue weighted by atomic mass is 16.5. The van der Waals surface area contributed by atoms with E-state index in [1.165, 1.54) is 0 Å². The van der Waals surface area contributed by atoms with Crippen LogP contribution in [-0.4, -0.2) is 19.2 Å². The average Bonchev–Trinajstić information content (AvgIpc) is 2.69. The molecular weight excluding hydrogens is 328 g/mol. The first-order chi connectivity index (χ1) is 12.7. The maximum atomic E-state index is 6.24. The monoisotopic (exact) mass is 346 g/mol. The van der Waals surface area contributed by atoms with Crippen molar-refractivity contribution in [3.05, 3.63) is 60.8 Å². The van der Waals surface area contributed by atoms with Crippen LogP contribution in [-0.2, 0) is 0 Å². The van der Waals surface area contributed by atoms with Gasteiger partial charge in [0.2, 0.25) is 0 Å². The van der Waals surface area contributed by atoms with Gasteiger partial charge in [-0.3, -0.25) is 4.98 Å². The Balaban J connectivity index is 1.87. The van der Waals surface area contributed by atoms with Crippen LogP contribution in [0.4, 0.5) is 5.69 Å². The Morgan fingerprint density at radius 3 is 2.19 bits per heavy atom. The predicted molar refractivity (Wildman–Crippen MR) is 103 cm³/mol. The van der Waals surface area contributed by atoms with Crippen molar-refractivity contribution in [2.24, 2.45) is 0 Å². The fourth-order valence-corrected chi connectivity index (χ4v) is 3.04. The van der Waals surface area contributed by atoms with E-state index in [0.29, 0.717) is 17.2 Å². The first kappa shape index (κ1) is 16.0. The van der Waals surface area contributed by atoms with E-state index in [9.17, 15) is 0 Å². The highest BCUT2D eigenvalue weighted by Crippen LogP contribution is 2.39. The van der Waals surface area contributed by atoms with E-state index in [1.807, 2.05) is 54.6 Å². The van der Waals surface area contributed by atoms with Crippen molar-refractivity contribution in [3.8, 4) is 23.0 Å². The molecule has 0 saturated carbocycles. The highest BCUT2D eigenvalue weighted by molar-refractivity contribution is 5.97. The lowest BCUT2D eigenvalue weighted by Crippen LogP contribution is -1.94. The summed E-state index contributed by atoms with van der Waals surface area (Å²) in [6, 6.07) is 17.2. The number of anilines is 1. The van der Waals surface area contributed by atoms with Crippen LogP contribution in [0, 0.1) is 0 Å². The first-order valence-corrected chi connectivity index (χ1v) is 8.17. The maximum absolute atomic E-state index is 6.24. The lowest BCUT2D eigenvalue weighted by atomic mass is 10.1. The van der Waals surface area contributed by atoms with Crippen LogP contribution in [0.1, 0.15) is 0 Å². The second-order valence-corrected chi connectivity index (χ2v) is 5.83. The standard InChI is InChI=1S/C21H18N2O3/c1-24-20-11-15-17(12-21(20)25-2)23-10-9-19(15)26-18-8-7-16(22)13-5-3-4-6-14(13)18/h3-12H,22H2,1-2H3. The molecule has 0 aliphatic carbocycles. The number of methoxy groups -OCH3 is 2. The van der Waals surface area contributed by atoms with Crippen LogP contribution in [0.25, 0.3) is 21.7 Å². The minimum atomic E-state index is 0.625. The summed E-state index contributed by atoms with van der Waals surface area (Å²) in [6.45, 7) is 0. The molecule has 2 N–H and O–H groups in total. The molecule has 4 aromatic rings. The molecule has 5 heteroatoms. The second-order valence-electron chi connectivity index (χ2n) is 5.83. The number of benzene rings is 3. The summed E-state index contributed by atoms with van der Waals surface area (Å²) in [4.78, 5) is 4.41. The Labute approximate surface area is 150 Å². The largest absolute Gasteiger partial charge is 0.493 e. The molecule has 0 aliphatic rings. The molecule has 3 aromatic carbocycles. The van der Waals surface area contributed by atoms with Crippen LogP contribution in [0.2, 0.25) is 0 Å². The lowest BCUT2D eigenvalue weighted by Gasteiger charge is -2.14. The number of rotatable bonds is 4. The Kier molecular flexibility index (Phi) is 3.97. The molecular formula is C21H18N2O3. The summed E-state index contributed by atoms with van der Waals surface area (Å²) >= 11 is 0. The van der Waals surface area contributed by atoms with Gasteiger partial charge >= 0.3 is 0 Å². The smallest absolute Gasteiger partial charge is 0.162 e. The van der Waals surface area contributed by atoms with Gasteiger partial charge in [0, 0.05) is 34.1 Å². The third-order valence-corrected chi connectivity index (χ3v) is 4.34. The van der Waals surface area contributed by atoms with E-state index in [-0.39, 0.29) is 0 Å². The van der Waals surface area contributed by atoms with Gasteiger partial charge in [0.05, 0.1) is 19.7 Å². The third-order valence-electron chi connectivity index (χ3n) is 4.34. The zero-order chi connectivity index (χ0) is 18.1. The van der Waals surface area contributed by atoms with Gasteiger partial charge in [0.25, 0.3) is 0 Å². The molecule has 0 unspecified atom stereocenters. The maximum Gasteiger partial charge on any atom is 0.162 e. The van der Waals surface area contributed by atoms with Crippen molar-refractivity contribution in [2.45, 2.75) is 0 Å². The van der Waals surface area contributed by atoms with Crippen LogP contribution >= 0.6 is 0 Å². The number of nitrogens with two attached hydrogens (primary N) is 1. The average molecular weight is 346 g/mol. The summed E-state index contributed by atoms with van der Waals surface area (Å²) in [5, 5.41) is 2.76. The van der Waals surface area contributed by atoms with Gasteiger partial charge in [-0.15, -0.1) is 0 Å². The van der Waals surface area contributed by atoms with Crippen LogP contribution in [0.5, 0.6) is 23.0 Å². The van der Waals surface area contributed by atoms with Crippen molar-refractivity contribution in [1.82, 2.24) is 4.98 Å². The summed E-state index contributed by atoms with van der Waals surface area (Å²) < 4.78 is 17.0. The molecule has 0 spiro atoms. The van der Waals surface area contributed by atoms with Crippen LogP contribution in [0.3, 0.4) is 0 Å². The van der Waals surface area contributed by atoms with Crippen molar-refractivity contribution in [3.63, 3.8) is 0 Å². The molecule has 5 nitrogen and oxygen atoms in total. The molecule has 0 radical (unpaired) electrons. The molecule has 0 saturated heterocycles. The fraction of sp³-hybridized carbons (Fsp3) is 0.0952. The molecule has 0 bridgehead atoms. The van der Waals surface area contributed by atoms with E-state index in [0.717, 1.165) is 33.1 Å². The number of aromatic nitrogens is 1. The Hall–Kier alpha value is -3.47. The third kappa shape index (κ3) is 2.63. The summed E-state index contributed by atoms with van der Waals surface area (Å²) in [5.41, 5.74) is 7.57. The van der Waals surface area contributed by atoms with Gasteiger partial charge in [-0.25, -0.2) is 0 Å². The van der Waals surface area contributed by atoms with E-state index in [1.54, 1.807) is 20.4 Å². The fourth-order valence-electron chi connectivity index (χ4n) is 3.04. The van der Waals surface area contributed by atoms with E-state index < -0.39 is 0 Å². The van der Waals surface area contributed by atoms with Gasteiger partial charge in [-0.2, -0.15) is 0 Å². The van der Waals surface area contributed by atoms with Crippen molar-refractivity contribution >= 4 is 27.4 Å². The lowest BCUT2D eigenvalue weighted by molar-refractivity contribution is 0.355. The number of hydrogen-bond donors (Lipinski definition) is 1. The number of nitrogens with zero attached hydrogens (tertiary/aromatic N) is 1.